The number of sulfonamides is 1. The van der Waals surface area contributed by atoms with Gasteiger partial charge in [-0.25, -0.2) is 8.42 Å². The zero-order chi connectivity index (χ0) is 25.6. The van der Waals surface area contributed by atoms with Gasteiger partial charge in [0.15, 0.2) is 12.4 Å². The molecule has 10 nitrogen and oxygen atoms in total. The molecule has 0 saturated heterocycles. The fraction of sp³-hybridized carbons (Fsp3) is 0.0909. The van der Waals surface area contributed by atoms with Crippen LogP contribution in [0.25, 0.3) is 0 Å². The fourth-order valence-corrected chi connectivity index (χ4v) is 4.00. The van der Waals surface area contributed by atoms with Gasteiger partial charge < -0.3 is 9.47 Å². The minimum Gasteiger partial charge on any atom is -0.457 e. The number of carbonyl (C=O) groups excluding carboxylic acids is 2. The van der Waals surface area contributed by atoms with Gasteiger partial charge in [0.1, 0.15) is 18.0 Å². The van der Waals surface area contributed by atoms with E-state index in [0.717, 1.165) is 6.07 Å². The molecule has 0 saturated carbocycles. The Morgan fingerprint density at radius 3 is 2.09 bits per heavy atom. The lowest BCUT2D eigenvalue weighted by atomic mass is 10.1. The highest BCUT2D eigenvalue weighted by Crippen LogP contribution is 2.25. The quantitative estimate of drug-likeness (QED) is 0.173. The van der Waals surface area contributed by atoms with E-state index in [0.29, 0.717) is 11.5 Å². The Bertz CT molecular complexity index is 1360. The molecule has 0 spiro atoms. The SMILES string of the molecule is O=C(CNS(=O)(=O)c1ccc(Cl)c(Cl)c1)OCC(=O)c1ccc(Oc2ccc([N+](=O)[O-])cc2)cc1. The predicted octanol–water partition coefficient (Wildman–Crippen LogP) is 4.40. The summed E-state index contributed by atoms with van der Waals surface area (Å²) >= 11 is 11.6. The lowest BCUT2D eigenvalue weighted by Crippen LogP contribution is -2.31. The molecule has 0 atom stereocenters. The molecule has 0 aliphatic heterocycles. The van der Waals surface area contributed by atoms with Crippen molar-refractivity contribution in [2.75, 3.05) is 13.2 Å². The van der Waals surface area contributed by atoms with Gasteiger partial charge >= 0.3 is 5.97 Å². The first-order valence-electron chi connectivity index (χ1n) is 9.71. The summed E-state index contributed by atoms with van der Waals surface area (Å²) in [4.78, 5) is 34.1. The number of non-ortho nitro benzene ring substituents is 1. The zero-order valence-corrected chi connectivity index (χ0v) is 20.0. The van der Waals surface area contributed by atoms with E-state index >= 15 is 0 Å². The number of carbonyl (C=O) groups is 2. The summed E-state index contributed by atoms with van der Waals surface area (Å²) in [7, 11) is -4.05. The van der Waals surface area contributed by atoms with Crippen molar-refractivity contribution in [1.82, 2.24) is 4.72 Å². The first kappa shape index (κ1) is 26.1. The number of esters is 1. The van der Waals surface area contributed by atoms with Gasteiger partial charge in [0.25, 0.3) is 5.69 Å². The molecule has 13 heteroatoms. The second kappa shape index (κ2) is 11.3. The van der Waals surface area contributed by atoms with Gasteiger partial charge in [-0.3, -0.25) is 19.7 Å². The summed E-state index contributed by atoms with van der Waals surface area (Å²) in [6.45, 7) is -1.30. The van der Waals surface area contributed by atoms with E-state index < -0.39 is 39.9 Å². The maximum Gasteiger partial charge on any atom is 0.321 e. The molecule has 0 aliphatic rings. The number of benzene rings is 3. The fourth-order valence-electron chi connectivity index (χ4n) is 2.64. The summed E-state index contributed by atoms with van der Waals surface area (Å²) in [6, 6.07) is 15.0. The van der Waals surface area contributed by atoms with Crippen LogP contribution < -0.4 is 9.46 Å². The van der Waals surface area contributed by atoms with Crippen LogP contribution in [-0.2, 0) is 19.6 Å². The smallest absolute Gasteiger partial charge is 0.321 e. The number of halogens is 2. The van der Waals surface area contributed by atoms with Crippen molar-refractivity contribution < 1.29 is 32.4 Å². The second-order valence-corrected chi connectivity index (χ2v) is 9.44. The third-order valence-corrected chi connectivity index (χ3v) is 6.57. The van der Waals surface area contributed by atoms with E-state index in [2.05, 4.69) is 4.72 Å². The van der Waals surface area contributed by atoms with E-state index in [1.807, 2.05) is 0 Å². The van der Waals surface area contributed by atoms with Crippen LogP contribution in [-0.4, -0.2) is 38.2 Å². The number of hydrogen-bond donors (Lipinski definition) is 1. The summed E-state index contributed by atoms with van der Waals surface area (Å²) in [5.74, 6) is -0.733. The summed E-state index contributed by atoms with van der Waals surface area (Å²) < 4.78 is 36.9. The van der Waals surface area contributed by atoms with Gasteiger partial charge in [0, 0.05) is 17.7 Å². The van der Waals surface area contributed by atoms with Crippen molar-refractivity contribution in [1.29, 1.82) is 0 Å². The molecular weight excluding hydrogens is 523 g/mol. The molecule has 0 fully saturated rings. The molecule has 1 N–H and O–H groups in total. The number of ether oxygens (including phenoxy) is 2. The molecule has 0 bridgehead atoms. The van der Waals surface area contributed by atoms with Crippen LogP contribution in [0, 0.1) is 10.1 Å². The minimum absolute atomic E-state index is 0.0341. The van der Waals surface area contributed by atoms with Crippen molar-refractivity contribution in [2.24, 2.45) is 0 Å². The third-order valence-electron chi connectivity index (χ3n) is 4.43. The molecule has 0 radical (unpaired) electrons. The van der Waals surface area contributed by atoms with Crippen LogP contribution in [0.2, 0.25) is 10.0 Å². The number of hydrogen-bond acceptors (Lipinski definition) is 8. The van der Waals surface area contributed by atoms with Gasteiger partial charge in [0.05, 0.1) is 19.9 Å². The van der Waals surface area contributed by atoms with Crippen LogP contribution in [0.15, 0.2) is 71.6 Å². The number of rotatable bonds is 10. The molecule has 0 aliphatic carbocycles. The molecule has 3 aromatic rings. The molecule has 3 aromatic carbocycles. The number of ketones is 1. The lowest BCUT2D eigenvalue weighted by molar-refractivity contribution is -0.384. The molecule has 0 amide bonds. The lowest BCUT2D eigenvalue weighted by Gasteiger charge is -2.09. The van der Waals surface area contributed by atoms with Crippen LogP contribution in [0.1, 0.15) is 10.4 Å². The Morgan fingerprint density at radius 1 is 0.914 bits per heavy atom. The minimum atomic E-state index is -4.05. The number of nitro groups is 1. The first-order valence-corrected chi connectivity index (χ1v) is 11.9. The zero-order valence-electron chi connectivity index (χ0n) is 17.6. The van der Waals surface area contributed by atoms with Gasteiger partial charge in [-0.15, -0.1) is 0 Å². The monoisotopic (exact) mass is 538 g/mol. The Hall–Kier alpha value is -3.51. The van der Waals surface area contributed by atoms with Crippen LogP contribution in [0.4, 0.5) is 5.69 Å². The third kappa shape index (κ3) is 7.23. The Morgan fingerprint density at radius 2 is 1.51 bits per heavy atom. The average molecular weight is 539 g/mol. The Labute approximate surface area is 209 Å². The van der Waals surface area contributed by atoms with Gasteiger partial charge in [-0.2, -0.15) is 4.72 Å². The van der Waals surface area contributed by atoms with Crippen LogP contribution in [0.3, 0.4) is 0 Å². The standard InChI is InChI=1S/C22H16Cl2N2O8S/c23-19-10-9-18(11-20(19)24)35(31,32)25-12-22(28)33-13-21(27)14-1-5-16(6-2-14)34-17-7-3-15(4-8-17)26(29)30/h1-11,25H,12-13H2. The summed E-state index contributed by atoms with van der Waals surface area (Å²) in [6.07, 6.45) is 0. The van der Waals surface area contributed by atoms with Crippen molar-refractivity contribution >= 4 is 50.7 Å². The highest BCUT2D eigenvalue weighted by atomic mass is 35.5. The second-order valence-electron chi connectivity index (χ2n) is 6.86. The Kier molecular flexibility index (Phi) is 8.41. The average Bonchev–Trinajstić information content (AvgIpc) is 2.83. The van der Waals surface area contributed by atoms with Crippen molar-refractivity contribution in [3.8, 4) is 11.5 Å². The number of nitrogens with one attached hydrogen (secondary N) is 1. The maximum atomic E-state index is 12.3. The van der Waals surface area contributed by atoms with E-state index in [4.69, 9.17) is 32.7 Å². The first-order chi connectivity index (χ1) is 16.5. The van der Waals surface area contributed by atoms with Gasteiger partial charge in [-0.1, -0.05) is 23.2 Å². The number of nitrogens with zero attached hydrogens (tertiary/aromatic N) is 1. The van der Waals surface area contributed by atoms with Crippen molar-refractivity contribution in [2.45, 2.75) is 4.90 Å². The van der Waals surface area contributed by atoms with E-state index in [1.165, 1.54) is 60.7 Å². The maximum absolute atomic E-state index is 12.3. The predicted molar refractivity (Wildman–Crippen MR) is 127 cm³/mol. The molecular formula is C22H16Cl2N2O8S. The van der Waals surface area contributed by atoms with Gasteiger partial charge in [0.2, 0.25) is 10.0 Å². The normalized spacial score (nSPS) is 11.0. The number of Topliss-reactive ketones (excluding diaryl/α,β-unsaturated/α-hetero) is 1. The topological polar surface area (TPSA) is 142 Å². The molecule has 3 rings (SSSR count). The van der Waals surface area contributed by atoms with E-state index in [9.17, 15) is 28.1 Å². The highest BCUT2D eigenvalue weighted by Gasteiger charge is 2.18. The molecule has 182 valence electrons. The molecule has 0 aromatic heterocycles. The van der Waals surface area contributed by atoms with E-state index in [-0.39, 0.29) is 26.2 Å². The molecule has 0 unspecified atom stereocenters. The van der Waals surface area contributed by atoms with Crippen molar-refractivity contribution in [3.05, 3.63) is 92.5 Å². The van der Waals surface area contributed by atoms with Crippen LogP contribution >= 0.6 is 23.2 Å². The highest BCUT2D eigenvalue weighted by molar-refractivity contribution is 7.89. The van der Waals surface area contributed by atoms with Crippen molar-refractivity contribution in [3.63, 3.8) is 0 Å². The molecule has 35 heavy (non-hydrogen) atoms. The number of nitro benzene ring substituents is 1. The van der Waals surface area contributed by atoms with Crippen LogP contribution in [0.5, 0.6) is 11.5 Å². The molecule has 0 heterocycles. The van der Waals surface area contributed by atoms with E-state index in [1.54, 1.807) is 0 Å². The Balaban J connectivity index is 1.49. The largest absolute Gasteiger partial charge is 0.457 e. The summed E-state index contributed by atoms with van der Waals surface area (Å²) in [5.41, 5.74) is 0.153. The van der Waals surface area contributed by atoms with Gasteiger partial charge in [-0.05, 0) is 54.6 Å². The summed E-state index contributed by atoms with van der Waals surface area (Å²) in [5, 5.41) is 10.9.